The normalized spacial score (nSPS) is 12.9. The van der Waals surface area contributed by atoms with Crippen LogP contribution in [-0.2, 0) is 0 Å². The summed E-state index contributed by atoms with van der Waals surface area (Å²) in [6.45, 7) is 0.0894. The topological polar surface area (TPSA) is 59.1 Å². The molecular formula is C12H14N2O. The van der Waals surface area contributed by atoms with Gasteiger partial charge < -0.3 is 10.8 Å². The molecule has 0 unspecified atom stereocenters. The number of nitrogens with zero attached hydrogens (tertiary/aromatic N) is 1. The van der Waals surface area contributed by atoms with E-state index in [2.05, 4.69) is 4.98 Å². The van der Waals surface area contributed by atoms with Crippen molar-refractivity contribution in [3.05, 3.63) is 42.2 Å². The van der Waals surface area contributed by atoms with Crippen molar-refractivity contribution in [2.24, 2.45) is 5.73 Å². The number of rotatable bonds is 3. The maximum atomic E-state index is 8.86. The second-order valence-corrected chi connectivity index (χ2v) is 3.54. The van der Waals surface area contributed by atoms with Gasteiger partial charge in [-0.15, -0.1) is 0 Å². The fourth-order valence-electron chi connectivity index (χ4n) is 1.71. The van der Waals surface area contributed by atoms with Crippen LogP contribution in [0.5, 0.6) is 0 Å². The number of aromatic nitrogens is 1. The van der Waals surface area contributed by atoms with E-state index in [1.165, 1.54) is 0 Å². The third-order valence-electron chi connectivity index (χ3n) is 2.50. The SMILES string of the molecule is N[C@H](CCO)c1nccc2ccccc12. The lowest BCUT2D eigenvalue weighted by Crippen LogP contribution is -2.13. The fraction of sp³-hybridized carbons (Fsp3) is 0.250. The summed E-state index contributed by atoms with van der Waals surface area (Å²) in [6.07, 6.45) is 2.30. The van der Waals surface area contributed by atoms with Gasteiger partial charge in [0.1, 0.15) is 0 Å². The minimum atomic E-state index is -0.193. The molecule has 2 aromatic rings. The summed E-state index contributed by atoms with van der Waals surface area (Å²) >= 11 is 0. The third-order valence-corrected chi connectivity index (χ3v) is 2.50. The van der Waals surface area contributed by atoms with Gasteiger partial charge in [0.25, 0.3) is 0 Å². The van der Waals surface area contributed by atoms with Crippen LogP contribution in [0.25, 0.3) is 10.8 Å². The van der Waals surface area contributed by atoms with Crippen LogP contribution in [0, 0.1) is 0 Å². The van der Waals surface area contributed by atoms with Gasteiger partial charge in [-0.2, -0.15) is 0 Å². The largest absolute Gasteiger partial charge is 0.396 e. The Bertz CT molecular complexity index is 451. The molecule has 0 aliphatic heterocycles. The van der Waals surface area contributed by atoms with Crippen molar-refractivity contribution in [3.63, 3.8) is 0 Å². The molecule has 0 aliphatic rings. The summed E-state index contributed by atoms with van der Waals surface area (Å²) in [5, 5.41) is 11.1. The minimum absolute atomic E-state index is 0.0894. The van der Waals surface area contributed by atoms with Crippen molar-refractivity contribution >= 4 is 10.8 Å². The standard InChI is InChI=1S/C12H14N2O/c13-11(6-8-15)12-10-4-2-1-3-9(10)5-7-14-12/h1-5,7,11,15H,6,8,13H2/t11-/m1/s1. The lowest BCUT2D eigenvalue weighted by Gasteiger charge is -2.11. The molecule has 1 aromatic carbocycles. The molecular weight excluding hydrogens is 188 g/mol. The molecule has 3 nitrogen and oxygen atoms in total. The quantitative estimate of drug-likeness (QED) is 0.795. The van der Waals surface area contributed by atoms with Gasteiger partial charge in [0.15, 0.2) is 0 Å². The Labute approximate surface area is 88.6 Å². The maximum Gasteiger partial charge on any atom is 0.0650 e. The zero-order chi connectivity index (χ0) is 10.7. The van der Waals surface area contributed by atoms with Crippen LogP contribution >= 0.6 is 0 Å². The molecule has 1 atom stereocenters. The van der Waals surface area contributed by atoms with Gasteiger partial charge in [0.2, 0.25) is 0 Å². The molecule has 15 heavy (non-hydrogen) atoms. The van der Waals surface area contributed by atoms with Crippen LogP contribution in [0.1, 0.15) is 18.2 Å². The molecule has 3 heteroatoms. The van der Waals surface area contributed by atoms with Gasteiger partial charge in [0, 0.05) is 24.2 Å². The van der Waals surface area contributed by atoms with Crippen molar-refractivity contribution < 1.29 is 5.11 Å². The highest BCUT2D eigenvalue weighted by molar-refractivity contribution is 5.84. The Morgan fingerprint density at radius 1 is 1.27 bits per heavy atom. The molecule has 0 amide bonds. The van der Waals surface area contributed by atoms with Gasteiger partial charge >= 0.3 is 0 Å². The first kappa shape index (κ1) is 10.1. The number of nitrogens with two attached hydrogens (primary N) is 1. The number of benzene rings is 1. The molecule has 0 saturated carbocycles. The van der Waals surface area contributed by atoms with E-state index in [1.807, 2.05) is 30.3 Å². The predicted octanol–water partition coefficient (Wildman–Crippen LogP) is 1.62. The zero-order valence-electron chi connectivity index (χ0n) is 8.43. The molecule has 1 heterocycles. The monoisotopic (exact) mass is 202 g/mol. The van der Waals surface area contributed by atoms with Gasteiger partial charge in [-0.1, -0.05) is 24.3 Å². The van der Waals surface area contributed by atoms with E-state index in [4.69, 9.17) is 10.8 Å². The van der Waals surface area contributed by atoms with Crippen molar-refractivity contribution in [1.82, 2.24) is 4.98 Å². The number of aliphatic hydroxyl groups is 1. The van der Waals surface area contributed by atoms with E-state index < -0.39 is 0 Å². The first-order valence-corrected chi connectivity index (χ1v) is 5.03. The highest BCUT2D eigenvalue weighted by atomic mass is 16.3. The lowest BCUT2D eigenvalue weighted by atomic mass is 10.0. The number of aliphatic hydroxyl groups excluding tert-OH is 1. The average molecular weight is 202 g/mol. The first-order valence-electron chi connectivity index (χ1n) is 5.03. The van der Waals surface area contributed by atoms with Crippen molar-refractivity contribution in [2.45, 2.75) is 12.5 Å². The van der Waals surface area contributed by atoms with Crippen molar-refractivity contribution in [3.8, 4) is 0 Å². The van der Waals surface area contributed by atoms with E-state index in [0.717, 1.165) is 16.5 Å². The van der Waals surface area contributed by atoms with Gasteiger partial charge in [-0.3, -0.25) is 4.98 Å². The Hall–Kier alpha value is -1.45. The van der Waals surface area contributed by atoms with E-state index in [1.54, 1.807) is 6.20 Å². The Morgan fingerprint density at radius 2 is 2.07 bits per heavy atom. The van der Waals surface area contributed by atoms with Crippen molar-refractivity contribution in [2.75, 3.05) is 6.61 Å². The molecule has 0 bridgehead atoms. The van der Waals surface area contributed by atoms with Crippen LogP contribution in [0.15, 0.2) is 36.5 Å². The maximum absolute atomic E-state index is 8.86. The summed E-state index contributed by atoms with van der Waals surface area (Å²) in [5.41, 5.74) is 6.81. The molecule has 78 valence electrons. The fourth-order valence-corrected chi connectivity index (χ4v) is 1.71. The van der Waals surface area contributed by atoms with E-state index in [9.17, 15) is 0 Å². The van der Waals surface area contributed by atoms with E-state index in [0.29, 0.717) is 6.42 Å². The van der Waals surface area contributed by atoms with Crippen LogP contribution in [0.2, 0.25) is 0 Å². The van der Waals surface area contributed by atoms with Gasteiger partial charge in [-0.25, -0.2) is 0 Å². The van der Waals surface area contributed by atoms with Crippen LogP contribution < -0.4 is 5.73 Å². The van der Waals surface area contributed by atoms with Gasteiger partial charge in [0.05, 0.1) is 5.69 Å². The van der Waals surface area contributed by atoms with Crippen LogP contribution in [0.4, 0.5) is 0 Å². The summed E-state index contributed by atoms with van der Waals surface area (Å²) in [6, 6.07) is 9.77. The van der Waals surface area contributed by atoms with E-state index in [-0.39, 0.29) is 12.6 Å². The summed E-state index contributed by atoms with van der Waals surface area (Å²) in [7, 11) is 0. The van der Waals surface area contributed by atoms with Crippen molar-refractivity contribution in [1.29, 1.82) is 0 Å². The second kappa shape index (κ2) is 4.38. The number of pyridine rings is 1. The van der Waals surface area contributed by atoms with Crippen LogP contribution in [-0.4, -0.2) is 16.7 Å². The average Bonchev–Trinajstić information content (AvgIpc) is 2.28. The zero-order valence-corrected chi connectivity index (χ0v) is 8.43. The molecule has 0 fully saturated rings. The molecule has 0 spiro atoms. The molecule has 0 radical (unpaired) electrons. The third kappa shape index (κ3) is 1.98. The van der Waals surface area contributed by atoms with E-state index >= 15 is 0 Å². The van der Waals surface area contributed by atoms with Crippen LogP contribution in [0.3, 0.4) is 0 Å². The first-order chi connectivity index (χ1) is 7.33. The highest BCUT2D eigenvalue weighted by Gasteiger charge is 2.09. The molecule has 1 aromatic heterocycles. The minimum Gasteiger partial charge on any atom is -0.396 e. The summed E-state index contributed by atoms with van der Waals surface area (Å²) in [4.78, 5) is 4.29. The summed E-state index contributed by atoms with van der Waals surface area (Å²) < 4.78 is 0. The van der Waals surface area contributed by atoms with Gasteiger partial charge in [-0.05, 0) is 17.9 Å². The second-order valence-electron chi connectivity index (χ2n) is 3.54. The Kier molecular flexibility index (Phi) is 2.94. The molecule has 3 N–H and O–H groups in total. The molecule has 0 aliphatic carbocycles. The highest BCUT2D eigenvalue weighted by Crippen LogP contribution is 2.21. The number of hydrogen-bond donors (Lipinski definition) is 2. The smallest absolute Gasteiger partial charge is 0.0650 e. The summed E-state index contributed by atoms with van der Waals surface area (Å²) in [5.74, 6) is 0. The predicted molar refractivity (Wildman–Crippen MR) is 60.4 cm³/mol. The number of fused-ring (bicyclic) bond motifs is 1. The Balaban J connectivity index is 2.50. The molecule has 0 saturated heterocycles. The number of hydrogen-bond acceptors (Lipinski definition) is 3. The Morgan fingerprint density at radius 3 is 2.87 bits per heavy atom. The molecule has 2 rings (SSSR count). The lowest BCUT2D eigenvalue weighted by molar-refractivity contribution is 0.276.